The predicted molar refractivity (Wildman–Crippen MR) is 76.9 cm³/mol. The fourth-order valence-corrected chi connectivity index (χ4v) is 2.62. The maximum atomic E-state index is 13.5. The van der Waals surface area contributed by atoms with Gasteiger partial charge in [-0.1, -0.05) is 27.7 Å². The molecule has 2 rings (SSSR count). The molecular weight excluding hydrogens is 275 g/mol. The number of carbonyl (C=O) groups is 2. The van der Waals surface area contributed by atoms with Gasteiger partial charge in [0.1, 0.15) is 5.82 Å². The molecular formula is C15H19FN2O3. The fourth-order valence-electron chi connectivity index (χ4n) is 2.62. The SMILES string of the molecule is CC1(C)C(NC(=O)Nc2ccc(C(=O)O)c(F)c2)C1(C)C. The van der Waals surface area contributed by atoms with Gasteiger partial charge in [-0.15, -0.1) is 0 Å². The summed E-state index contributed by atoms with van der Waals surface area (Å²) in [5.41, 5.74) is -0.206. The molecule has 114 valence electrons. The molecule has 5 nitrogen and oxygen atoms in total. The second-order valence-corrected chi connectivity index (χ2v) is 6.47. The third kappa shape index (κ3) is 2.57. The van der Waals surface area contributed by atoms with Crippen molar-refractivity contribution < 1.29 is 19.1 Å². The molecule has 0 spiro atoms. The van der Waals surface area contributed by atoms with Crippen LogP contribution in [0.25, 0.3) is 0 Å². The Kier molecular flexibility index (Phi) is 3.43. The maximum Gasteiger partial charge on any atom is 0.338 e. The van der Waals surface area contributed by atoms with E-state index >= 15 is 0 Å². The molecule has 0 atom stereocenters. The first-order chi connectivity index (χ1) is 9.57. The van der Waals surface area contributed by atoms with E-state index in [0.29, 0.717) is 0 Å². The fraction of sp³-hybridized carbons (Fsp3) is 0.467. The number of nitrogens with one attached hydrogen (secondary N) is 2. The number of carboxylic acids is 1. The van der Waals surface area contributed by atoms with E-state index in [4.69, 9.17) is 5.11 Å². The van der Waals surface area contributed by atoms with Gasteiger partial charge in [0.05, 0.1) is 5.56 Å². The van der Waals surface area contributed by atoms with Crippen molar-refractivity contribution >= 4 is 17.7 Å². The number of hydrogen-bond acceptors (Lipinski definition) is 2. The highest BCUT2D eigenvalue weighted by Gasteiger charge is 2.65. The van der Waals surface area contributed by atoms with Crippen LogP contribution >= 0.6 is 0 Å². The predicted octanol–water partition coefficient (Wildman–Crippen LogP) is 3.08. The molecule has 0 heterocycles. The lowest BCUT2D eigenvalue weighted by atomic mass is 10.0. The van der Waals surface area contributed by atoms with Gasteiger partial charge >= 0.3 is 12.0 Å². The van der Waals surface area contributed by atoms with E-state index in [1.54, 1.807) is 0 Å². The van der Waals surface area contributed by atoms with Crippen molar-refractivity contribution in [3.8, 4) is 0 Å². The van der Waals surface area contributed by atoms with Gasteiger partial charge in [0.25, 0.3) is 0 Å². The van der Waals surface area contributed by atoms with Crippen LogP contribution in [0.15, 0.2) is 18.2 Å². The van der Waals surface area contributed by atoms with Gasteiger partial charge in [0.15, 0.2) is 0 Å². The van der Waals surface area contributed by atoms with Crippen LogP contribution in [0.5, 0.6) is 0 Å². The van der Waals surface area contributed by atoms with Gasteiger partial charge in [0, 0.05) is 11.7 Å². The first kappa shape index (κ1) is 15.3. The van der Waals surface area contributed by atoms with E-state index in [1.165, 1.54) is 6.07 Å². The van der Waals surface area contributed by atoms with Crippen molar-refractivity contribution in [3.05, 3.63) is 29.6 Å². The summed E-state index contributed by atoms with van der Waals surface area (Å²) < 4.78 is 13.5. The van der Waals surface area contributed by atoms with Crippen LogP contribution < -0.4 is 10.6 Å². The highest BCUT2D eigenvalue weighted by atomic mass is 19.1. The van der Waals surface area contributed by atoms with Crippen molar-refractivity contribution in [2.24, 2.45) is 10.8 Å². The van der Waals surface area contributed by atoms with Gasteiger partial charge in [0.2, 0.25) is 0 Å². The first-order valence-electron chi connectivity index (χ1n) is 6.67. The average molecular weight is 294 g/mol. The molecule has 0 aromatic heterocycles. The molecule has 3 N–H and O–H groups in total. The van der Waals surface area contributed by atoms with Crippen molar-refractivity contribution in [2.75, 3.05) is 5.32 Å². The number of urea groups is 1. The smallest absolute Gasteiger partial charge is 0.338 e. The minimum absolute atomic E-state index is 0.00273. The summed E-state index contributed by atoms with van der Waals surface area (Å²) in [6, 6.07) is 3.08. The molecule has 6 heteroatoms. The number of halogens is 1. The van der Waals surface area contributed by atoms with Crippen molar-refractivity contribution in [1.29, 1.82) is 0 Å². The van der Waals surface area contributed by atoms with E-state index in [2.05, 4.69) is 38.3 Å². The molecule has 1 aliphatic rings. The number of aromatic carboxylic acids is 1. The number of amides is 2. The van der Waals surface area contributed by atoms with Crippen LogP contribution in [0.1, 0.15) is 38.1 Å². The lowest BCUT2D eigenvalue weighted by molar-refractivity contribution is 0.0692. The maximum absolute atomic E-state index is 13.5. The minimum atomic E-state index is -1.34. The van der Waals surface area contributed by atoms with Gasteiger partial charge in [-0.05, 0) is 29.0 Å². The largest absolute Gasteiger partial charge is 0.478 e. The van der Waals surface area contributed by atoms with Crippen LogP contribution in [0.3, 0.4) is 0 Å². The molecule has 0 bridgehead atoms. The van der Waals surface area contributed by atoms with E-state index in [-0.39, 0.29) is 22.6 Å². The Morgan fingerprint density at radius 1 is 1.19 bits per heavy atom. The van der Waals surface area contributed by atoms with Crippen LogP contribution in [0.2, 0.25) is 0 Å². The van der Waals surface area contributed by atoms with Gasteiger partial charge in [-0.2, -0.15) is 0 Å². The van der Waals surface area contributed by atoms with E-state index in [1.807, 2.05) is 0 Å². The van der Waals surface area contributed by atoms with Crippen LogP contribution in [0.4, 0.5) is 14.9 Å². The van der Waals surface area contributed by atoms with E-state index in [0.717, 1.165) is 12.1 Å². The van der Waals surface area contributed by atoms with E-state index < -0.39 is 23.4 Å². The Hall–Kier alpha value is -2.11. The Balaban J connectivity index is 2.01. The summed E-state index contributed by atoms with van der Waals surface area (Å²) in [6.07, 6.45) is 0. The van der Waals surface area contributed by atoms with Crippen molar-refractivity contribution in [3.63, 3.8) is 0 Å². The van der Waals surface area contributed by atoms with E-state index in [9.17, 15) is 14.0 Å². The molecule has 1 aromatic carbocycles. The topological polar surface area (TPSA) is 78.4 Å². The summed E-state index contributed by atoms with van der Waals surface area (Å²) in [5.74, 6) is -2.22. The molecule has 1 aliphatic carbocycles. The molecule has 0 aliphatic heterocycles. The molecule has 0 saturated heterocycles. The number of rotatable bonds is 3. The zero-order valence-corrected chi connectivity index (χ0v) is 12.5. The van der Waals surface area contributed by atoms with Gasteiger partial charge in [-0.3, -0.25) is 0 Å². The quantitative estimate of drug-likeness (QED) is 0.801. The molecule has 2 amide bonds. The lowest BCUT2D eigenvalue weighted by Gasteiger charge is -2.09. The minimum Gasteiger partial charge on any atom is -0.478 e. The molecule has 21 heavy (non-hydrogen) atoms. The summed E-state index contributed by atoms with van der Waals surface area (Å²) >= 11 is 0. The Morgan fingerprint density at radius 2 is 1.76 bits per heavy atom. The first-order valence-corrected chi connectivity index (χ1v) is 6.67. The highest BCUT2D eigenvalue weighted by Crippen LogP contribution is 2.62. The Labute approximate surface area is 122 Å². The zero-order valence-electron chi connectivity index (χ0n) is 12.5. The monoisotopic (exact) mass is 294 g/mol. The normalized spacial score (nSPS) is 18.9. The number of benzene rings is 1. The third-order valence-corrected chi connectivity index (χ3v) is 4.75. The zero-order chi connectivity index (χ0) is 16.0. The Bertz CT molecular complexity index is 597. The molecule has 0 unspecified atom stereocenters. The molecule has 1 fully saturated rings. The standard InChI is InChI=1S/C15H19FN2O3/c1-14(2)12(15(14,3)4)18-13(21)17-8-5-6-9(11(19)20)10(16)7-8/h5-7,12H,1-4H3,(H,19,20)(H2,17,18,21). The van der Waals surface area contributed by atoms with Gasteiger partial charge in [-0.25, -0.2) is 14.0 Å². The second kappa shape index (κ2) is 4.72. The highest BCUT2D eigenvalue weighted by molar-refractivity contribution is 5.92. The van der Waals surface area contributed by atoms with Gasteiger partial charge < -0.3 is 15.7 Å². The van der Waals surface area contributed by atoms with Crippen molar-refractivity contribution in [1.82, 2.24) is 5.32 Å². The number of carbonyl (C=O) groups excluding carboxylic acids is 1. The molecule has 1 aromatic rings. The third-order valence-electron chi connectivity index (χ3n) is 4.75. The molecule has 1 saturated carbocycles. The summed E-state index contributed by atoms with van der Waals surface area (Å²) in [4.78, 5) is 22.6. The summed E-state index contributed by atoms with van der Waals surface area (Å²) in [7, 11) is 0. The number of hydrogen-bond donors (Lipinski definition) is 3. The lowest BCUT2D eigenvalue weighted by Crippen LogP contribution is -2.33. The van der Waals surface area contributed by atoms with Crippen LogP contribution in [0, 0.1) is 16.6 Å². The van der Waals surface area contributed by atoms with Crippen molar-refractivity contribution in [2.45, 2.75) is 33.7 Å². The summed E-state index contributed by atoms with van der Waals surface area (Å²) in [5, 5.41) is 14.1. The average Bonchev–Trinajstić information content (AvgIpc) is 2.71. The van der Waals surface area contributed by atoms with Crippen LogP contribution in [-0.2, 0) is 0 Å². The number of anilines is 1. The molecule has 0 radical (unpaired) electrons. The Morgan fingerprint density at radius 3 is 2.19 bits per heavy atom. The summed E-state index contributed by atoms with van der Waals surface area (Å²) in [6.45, 7) is 8.27. The second-order valence-electron chi connectivity index (χ2n) is 6.47. The van der Waals surface area contributed by atoms with Crippen LogP contribution in [-0.4, -0.2) is 23.1 Å². The number of carboxylic acid groups (broad SMARTS) is 1.